The number of carbonyl (C=O) groups is 2. The summed E-state index contributed by atoms with van der Waals surface area (Å²) in [7, 11) is 0. The SMILES string of the molecule is CC(=O)NCc1ccc(C(=O)N2CCCc3cc(C)ccc32)cc1. The molecule has 4 nitrogen and oxygen atoms in total. The third-order valence-corrected chi connectivity index (χ3v) is 4.34. The second kappa shape index (κ2) is 6.87. The van der Waals surface area contributed by atoms with Gasteiger partial charge < -0.3 is 10.2 Å². The number of anilines is 1. The lowest BCUT2D eigenvalue weighted by molar-refractivity contribution is -0.119. The van der Waals surface area contributed by atoms with Crippen molar-refractivity contribution in [3.05, 3.63) is 64.7 Å². The number of aryl methyl sites for hydroxylation is 2. The summed E-state index contributed by atoms with van der Waals surface area (Å²) in [6.07, 6.45) is 2.01. The molecule has 0 saturated carbocycles. The van der Waals surface area contributed by atoms with Crippen molar-refractivity contribution in [2.75, 3.05) is 11.4 Å². The van der Waals surface area contributed by atoms with E-state index in [0.717, 1.165) is 30.6 Å². The number of hydrogen-bond donors (Lipinski definition) is 1. The second-order valence-corrected chi connectivity index (χ2v) is 6.30. The van der Waals surface area contributed by atoms with Crippen LogP contribution in [0, 0.1) is 6.92 Å². The quantitative estimate of drug-likeness (QED) is 0.943. The van der Waals surface area contributed by atoms with Gasteiger partial charge in [0.25, 0.3) is 5.91 Å². The van der Waals surface area contributed by atoms with Gasteiger partial charge >= 0.3 is 0 Å². The van der Waals surface area contributed by atoms with Gasteiger partial charge in [0.05, 0.1) is 0 Å². The van der Waals surface area contributed by atoms with Crippen LogP contribution in [0.25, 0.3) is 0 Å². The highest BCUT2D eigenvalue weighted by Gasteiger charge is 2.23. The van der Waals surface area contributed by atoms with Crippen LogP contribution < -0.4 is 10.2 Å². The third kappa shape index (κ3) is 3.48. The van der Waals surface area contributed by atoms with Crippen molar-refractivity contribution in [1.82, 2.24) is 5.32 Å². The largest absolute Gasteiger partial charge is 0.352 e. The zero-order valence-electron chi connectivity index (χ0n) is 14.1. The predicted molar refractivity (Wildman–Crippen MR) is 95.1 cm³/mol. The molecule has 0 radical (unpaired) electrons. The number of fused-ring (bicyclic) bond motifs is 1. The van der Waals surface area contributed by atoms with E-state index in [9.17, 15) is 9.59 Å². The van der Waals surface area contributed by atoms with E-state index in [1.807, 2.05) is 35.2 Å². The zero-order chi connectivity index (χ0) is 17.1. The number of amides is 2. The smallest absolute Gasteiger partial charge is 0.258 e. The van der Waals surface area contributed by atoms with Gasteiger partial charge in [0.15, 0.2) is 0 Å². The molecule has 2 amide bonds. The number of nitrogens with zero attached hydrogens (tertiary/aromatic N) is 1. The van der Waals surface area contributed by atoms with Gasteiger partial charge in [0.2, 0.25) is 5.91 Å². The lowest BCUT2D eigenvalue weighted by Crippen LogP contribution is -2.35. The minimum Gasteiger partial charge on any atom is -0.352 e. The standard InChI is InChI=1S/C20H22N2O2/c1-14-5-10-19-18(12-14)4-3-11-22(19)20(24)17-8-6-16(7-9-17)13-21-15(2)23/h5-10,12H,3-4,11,13H2,1-2H3,(H,21,23). The topological polar surface area (TPSA) is 49.4 Å². The lowest BCUT2D eigenvalue weighted by Gasteiger charge is -2.30. The number of carbonyl (C=O) groups excluding carboxylic acids is 2. The van der Waals surface area contributed by atoms with Crippen LogP contribution in [0.5, 0.6) is 0 Å². The highest BCUT2D eigenvalue weighted by atomic mass is 16.2. The Hall–Kier alpha value is -2.62. The molecule has 4 heteroatoms. The molecular weight excluding hydrogens is 300 g/mol. The first-order valence-corrected chi connectivity index (χ1v) is 8.29. The molecule has 0 fully saturated rings. The fourth-order valence-corrected chi connectivity index (χ4v) is 3.08. The van der Waals surface area contributed by atoms with Gasteiger partial charge in [-0.2, -0.15) is 0 Å². The van der Waals surface area contributed by atoms with E-state index < -0.39 is 0 Å². The molecule has 1 N–H and O–H groups in total. The summed E-state index contributed by atoms with van der Waals surface area (Å²) in [6.45, 7) is 4.81. The summed E-state index contributed by atoms with van der Waals surface area (Å²) in [5, 5.41) is 2.76. The first-order chi connectivity index (χ1) is 11.5. The third-order valence-electron chi connectivity index (χ3n) is 4.34. The summed E-state index contributed by atoms with van der Waals surface area (Å²) in [5.74, 6) is -0.0266. The van der Waals surface area contributed by atoms with Gasteiger partial charge in [-0.25, -0.2) is 0 Å². The maximum Gasteiger partial charge on any atom is 0.258 e. The van der Waals surface area contributed by atoms with Crippen LogP contribution in [0.3, 0.4) is 0 Å². The van der Waals surface area contributed by atoms with E-state index in [1.54, 1.807) is 0 Å². The van der Waals surface area contributed by atoms with Crippen molar-refractivity contribution in [3.63, 3.8) is 0 Å². The maximum absolute atomic E-state index is 12.9. The van der Waals surface area contributed by atoms with Gasteiger partial charge in [-0.3, -0.25) is 9.59 Å². The fraction of sp³-hybridized carbons (Fsp3) is 0.300. The number of benzene rings is 2. The molecular formula is C20H22N2O2. The summed E-state index contributed by atoms with van der Waals surface area (Å²) in [6, 6.07) is 13.7. The molecule has 1 heterocycles. The van der Waals surface area contributed by atoms with E-state index >= 15 is 0 Å². The lowest BCUT2D eigenvalue weighted by atomic mass is 9.98. The Morgan fingerprint density at radius 1 is 1.12 bits per heavy atom. The predicted octanol–water partition coefficient (Wildman–Crippen LogP) is 3.22. The summed E-state index contributed by atoms with van der Waals surface area (Å²) < 4.78 is 0. The van der Waals surface area contributed by atoms with Gasteiger partial charge in [-0.1, -0.05) is 29.8 Å². The van der Waals surface area contributed by atoms with E-state index in [0.29, 0.717) is 12.1 Å². The van der Waals surface area contributed by atoms with Crippen LogP contribution in [0.2, 0.25) is 0 Å². The molecule has 2 aromatic carbocycles. The van der Waals surface area contributed by atoms with Gasteiger partial charge in [-0.15, -0.1) is 0 Å². The minimum atomic E-state index is -0.0598. The Morgan fingerprint density at radius 3 is 2.58 bits per heavy atom. The molecule has 0 aliphatic carbocycles. The van der Waals surface area contributed by atoms with Crippen LogP contribution >= 0.6 is 0 Å². The van der Waals surface area contributed by atoms with Gasteiger partial charge in [-0.05, 0) is 49.1 Å². The molecule has 3 rings (SSSR count). The molecule has 0 spiro atoms. The molecule has 0 aromatic heterocycles. The summed E-state index contributed by atoms with van der Waals surface area (Å²) >= 11 is 0. The van der Waals surface area contributed by atoms with Crippen LogP contribution in [-0.4, -0.2) is 18.4 Å². The van der Waals surface area contributed by atoms with Crippen LogP contribution in [0.4, 0.5) is 5.69 Å². The van der Waals surface area contributed by atoms with Crippen LogP contribution in [0.1, 0.15) is 40.4 Å². The molecule has 0 unspecified atom stereocenters. The first kappa shape index (κ1) is 16.2. The number of nitrogens with one attached hydrogen (secondary N) is 1. The Bertz CT molecular complexity index is 766. The summed E-state index contributed by atoms with van der Waals surface area (Å²) in [5.41, 5.74) is 5.16. The second-order valence-electron chi connectivity index (χ2n) is 6.30. The summed E-state index contributed by atoms with van der Waals surface area (Å²) in [4.78, 5) is 25.7. The molecule has 0 bridgehead atoms. The Kier molecular flexibility index (Phi) is 4.65. The van der Waals surface area contributed by atoms with Crippen molar-refractivity contribution in [2.45, 2.75) is 33.2 Å². The Morgan fingerprint density at radius 2 is 1.88 bits per heavy atom. The zero-order valence-corrected chi connectivity index (χ0v) is 14.1. The molecule has 0 atom stereocenters. The highest BCUT2D eigenvalue weighted by Crippen LogP contribution is 2.29. The van der Waals surface area contributed by atoms with Crippen molar-refractivity contribution >= 4 is 17.5 Å². The van der Waals surface area contributed by atoms with E-state index in [1.165, 1.54) is 18.1 Å². The average molecular weight is 322 g/mol. The van der Waals surface area contributed by atoms with E-state index in [-0.39, 0.29) is 11.8 Å². The molecule has 1 aliphatic heterocycles. The minimum absolute atomic E-state index is 0.0332. The van der Waals surface area contributed by atoms with E-state index in [2.05, 4.69) is 24.4 Å². The van der Waals surface area contributed by atoms with E-state index in [4.69, 9.17) is 0 Å². The van der Waals surface area contributed by atoms with Gasteiger partial charge in [0, 0.05) is 31.3 Å². The van der Waals surface area contributed by atoms with Crippen LogP contribution in [0.15, 0.2) is 42.5 Å². The molecule has 124 valence electrons. The van der Waals surface area contributed by atoms with Crippen molar-refractivity contribution in [1.29, 1.82) is 0 Å². The van der Waals surface area contributed by atoms with Crippen molar-refractivity contribution < 1.29 is 9.59 Å². The van der Waals surface area contributed by atoms with Crippen molar-refractivity contribution in [2.24, 2.45) is 0 Å². The Labute approximate surface area is 142 Å². The average Bonchev–Trinajstić information content (AvgIpc) is 2.59. The molecule has 1 aliphatic rings. The fourth-order valence-electron chi connectivity index (χ4n) is 3.08. The normalized spacial score (nSPS) is 13.3. The number of rotatable bonds is 3. The van der Waals surface area contributed by atoms with Crippen LogP contribution in [-0.2, 0) is 17.8 Å². The van der Waals surface area contributed by atoms with Gasteiger partial charge in [0.1, 0.15) is 0 Å². The monoisotopic (exact) mass is 322 g/mol. The Balaban J connectivity index is 1.79. The first-order valence-electron chi connectivity index (χ1n) is 8.29. The maximum atomic E-state index is 12.9. The molecule has 24 heavy (non-hydrogen) atoms. The number of hydrogen-bond acceptors (Lipinski definition) is 2. The molecule has 0 saturated heterocycles. The highest BCUT2D eigenvalue weighted by molar-refractivity contribution is 6.06. The van der Waals surface area contributed by atoms with Crippen molar-refractivity contribution in [3.8, 4) is 0 Å². The molecule has 2 aromatic rings.